The third-order valence-corrected chi connectivity index (χ3v) is 5.41. The highest BCUT2D eigenvalue weighted by molar-refractivity contribution is 5.92. The number of rotatable bonds is 3. The maximum absolute atomic E-state index is 13.1. The Labute approximate surface area is 162 Å². The molecule has 0 aromatic carbocycles. The molecular weight excluding hydrogens is 356 g/mol. The van der Waals surface area contributed by atoms with E-state index in [4.69, 9.17) is 0 Å². The molecule has 3 aromatic heterocycles. The number of fused-ring (bicyclic) bond motifs is 1. The van der Waals surface area contributed by atoms with Crippen molar-refractivity contribution in [3.63, 3.8) is 0 Å². The van der Waals surface area contributed by atoms with E-state index in [1.54, 1.807) is 6.20 Å². The Morgan fingerprint density at radius 2 is 2.07 bits per heavy atom. The molecule has 0 bridgehead atoms. The van der Waals surface area contributed by atoms with Crippen molar-refractivity contribution >= 4 is 11.6 Å². The lowest BCUT2D eigenvalue weighted by atomic mass is 9.99. The summed E-state index contributed by atoms with van der Waals surface area (Å²) >= 11 is 0. The van der Waals surface area contributed by atoms with Crippen LogP contribution in [0.5, 0.6) is 0 Å². The minimum atomic E-state index is -0.143. The molecule has 1 aliphatic heterocycles. The van der Waals surface area contributed by atoms with Crippen LogP contribution in [0.1, 0.15) is 65.4 Å². The Morgan fingerprint density at radius 1 is 1.25 bits per heavy atom. The first kappa shape index (κ1) is 18.3. The number of amides is 1. The molecule has 4 rings (SSSR count). The van der Waals surface area contributed by atoms with E-state index in [0.717, 1.165) is 36.3 Å². The number of hydrogen-bond donors (Lipinski definition) is 1. The fourth-order valence-corrected chi connectivity index (χ4v) is 3.91. The van der Waals surface area contributed by atoms with Gasteiger partial charge in [0.05, 0.1) is 23.6 Å². The van der Waals surface area contributed by atoms with Crippen LogP contribution < -0.4 is 5.56 Å². The summed E-state index contributed by atoms with van der Waals surface area (Å²) in [5.41, 5.74) is 3.91. The van der Waals surface area contributed by atoms with Crippen molar-refractivity contribution in [3.05, 3.63) is 57.2 Å². The number of aromatic amines is 1. The molecular formula is C20H24N6O2. The highest BCUT2D eigenvalue weighted by Gasteiger charge is 2.31. The van der Waals surface area contributed by atoms with Crippen LogP contribution in [-0.2, 0) is 6.42 Å². The van der Waals surface area contributed by atoms with Crippen molar-refractivity contribution in [1.82, 2.24) is 29.5 Å². The molecule has 8 heteroatoms. The van der Waals surface area contributed by atoms with Crippen LogP contribution >= 0.6 is 0 Å². The van der Waals surface area contributed by atoms with Gasteiger partial charge in [0.1, 0.15) is 5.69 Å². The number of nitrogens with zero attached hydrogens (tertiary/aromatic N) is 5. The van der Waals surface area contributed by atoms with Gasteiger partial charge in [-0.15, -0.1) is 0 Å². The predicted molar refractivity (Wildman–Crippen MR) is 104 cm³/mol. The first-order valence-corrected chi connectivity index (χ1v) is 9.70. The molecule has 1 atom stereocenters. The fraction of sp³-hybridized carbons (Fsp3) is 0.450. The molecule has 1 unspecified atom stereocenters. The largest absolute Gasteiger partial charge is 0.329 e. The van der Waals surface area contributed by atoms with Crippen molar-refractivity contribution in [2.45, 2.75) is 52.5 Å². The van der Waals surface area contributed by atoms with Gasteiger partial charge in [0.15, 0.2) is 5.65 Å². The molecule has 0 radical (unpaired) electrons. The van der Waals surface area contributed by atoms with E-state index in [9.17, 15) is 9.59 Å². The second-order valence-electron chi connectivity index (χ2n) is 7.29. The summed E-state index contributed by atoms with van der Waals surface area (Å²) in [5.74, 6) is -0.137. The van der Waals surface area contributed by atoms with Gasteiger partial charge in [0.25, 0.3) is 11.5 Å². The van der Waals surface area contributed by atoms with Crippen LogP contribution in [0.4, 0.5) is 0 Å². The third-order valence-electron chi connectivity index (χ3n) is 5.41. The van der Waals surface area contributed by atoms with E-state index in [0.29, 0.717) is 29.9 Å². The van der Waals surface area contributed by atoms with E-state index in [1.807, 2.05) is 31.7 Å². The van der Waals surface area contributed by atoms with Crippen LogP contribution in [0.15, 0.2) is 23.3 Å². The zero-order chi connectivity index (χ0) is 19.8. The first-order valence-electron chi connectivity index (χ1n) is 9.70. The Morgan fingerprint density at radius 3 is 2.79 bits per heavy atom. The molecule has 1 saturated heterocycles. The topological polar surface area (TPSA) is 96.2 Å². The van der Waals surface area contributed by atoms with Crippen LogP contribution in [0, 0.1) is 13.8 Å². The summed E-state index contributed by atoms with van der Waals surface area (Å²) in [4.78, 5) is 40.6. The molecule has 1 amide bonds. The number of piperidine rings is 1. The second-order valence-corrected chi connectivity index (χ2v) is 7.29. The summed E-state index contributed by atoms with van der Waals surface area (Å²) in [7, 11) is 0. The van der Waals surface area contributed by atoms with Crippen molar-refractivity contribution in [2.75, 3.05) is 6.54 Å². The number of aromatic nitrogens is 5. The maximum Gasteiger partial charge on any atom is 0.276 e. The summed E-state index contributed by atoms with van der Waals surface area (Å²) < 4.78 is 1.49. The molecule has 0 spiro atoms. The van der Waals surface area contributed by atoms with Crippen LogP contribution in [-0.4, -0.2) is 41.9 Å². The van der Waals surface area contributed by atoms with Gasteiger partial charge < -0.3 is 4.90 Å². The summed E-state index contributed by atoms with van der Waals surface area (Å²) in [5, 5.41) is 3.19. The van der Waals surface area contributed by atoms with E-state index in [1.165, 1.54) is 10.7 Å². The zero-order valence-corrected chi connectivity index (χ0v) is 16.4. The molecule has 0 saturated carbocycles. The highest BCUT2D eigenvalue weighted by Crippen LogP contribution is 2.31. The first-order chi connectivity index (χ1) is 13.5. The molecule has 28 heavy (non-hydrogen) atoms. The Kier molecular flexibility index (Phi) is 4.70. The summed E-state index contributed by atoms with van der Waals surface area (Å²) in [6.07, 6.45) is 6.55. The molecule has 4 heterocycles. The van der Waals surface area contributed by atoms with Gasteiger partial charge >= 0.3 is 0 Å². The Bertz CT molecular complexity index is 1080. The van der Waals surface area contributed by atoms with E-state index in [2.05, 4.69) is 20.1 Å². The van der Waals surface area contributed by atoms with Crippen LogP contribution in [0.25, 0.3) is 5.65 Å². The predicted octanol–water partition coefficient (Wildman–Crippen LogP) is 2.36. The van der Waals surface area contributed by atoms with Gasteiger partial charge in [-0.05, 0) is 39.5 Å². The minimum Gasteiger partial charge on any atom is -0.329 e. The van der Waals surface area contributed by atoms with Gasteiger partial charge in [0.2, 0.25) is 0 Å². The molecule has 1 N–H and O–H groups in total. The Balaban J connectivity index is 1.73. The molecule has 3 aromatic rings. The highest BCUT2D eigenvalue weighted by atomic mass is 16.2. The normalized spacial score (nSPS) is 17.2. The van der Waals surface area contributed by atoms with Crippen LogP contribution in [0.2, 0.25) is 0 Å². The molecule has 8 nitrogen and oxygen atoms in total. The van der Waals surface area contributed by atoms with Gasteiger partial charge in [-0.25, -0.2) is 14.5 Å². The maximum atomic E-state index is 13.1. The standard InChI is InChI=1S/C20H24N6O2/c1-4-14-13(3)23-18-9-15(24-26(18)19(14)27)17-7-5-6-8-25(17)20(28)16-11-21-12(2)10-22-16/h9-11,17,24H,4-8H2,1-3H3. The van der Waals surface area contributed by atoms with Gasteiger partial charge in [0, 0.05) is 30.1 Å². The lowest BCUT2D eigenvalue weighted by molar-refractivity contribution is 0.0599. The third kappa shape index (κ3) is 3.08. The molecule has 1 fully saturated rings. The number of carbonyl (C=O) groups excluding carboxylic acids is 1. The number of nitrogens with one attached hydrogen (secondary N) is 1. The van der Waals surface area contributed by atoms with E-state index in [-0.39, 0.29) is 17.5 Å². The van der Waals surface area contributed by atoms with Crippen LogP contribution in [0.3, 0.4) is 0 Å². The van der Waals surface area contributed by atoms with E-state index < -0.39 is 0 Å². The van der Waals surface area contributed by atoms with Crippen molar-refractivity contribution in [2.24, 2.45) is 0 Å². The monoisotopic (exact) mass is 380 g/mol. The lowest BCUT2D eigenvalue weighted by Gasteiger charge is -2.34. The minimum absolute atomic E-state index is 0.0747. The second kappa shape index (κ2) is 7.18. The molecule has 0 aliphatic carbocycles. The van der Waals surface area contributed by atoms with Crippen molar-refractivity contribution < 1.29 is 4.79 Å². The molecule has 146 valence electrons. The number of H-pyrrole nitrogens is 1. The number of aryl methyl sites for hydroxylation is 2. The van der Waals surface area contributed by atoms with Gasteiger partial charge in [-0.3, -0.25) is 19.7 Å². The fourth-order valence-electron chi connectivity index (χ4n) is 3.91. The number of carbonyl (C=O) groups is 1. The summed E-state index contributed by atoms with van der Waals surface area (Å²) in [6, 6.07) is 1.74. The molecule has 1 aliphatic rings. The SMILES string of the molecule is CCc1c(C)nc2cc(C3CCCCN3C(=O)c3cnc(C)cn3)[nH]n2c1=O. The van der Waals surface area contributed by atoms with Crippen molar-refractivity contribution in [3.8, 4) is 0 Å². The van der Waals surface area contributed by atoms with E-state index >= 15 is 0 Å². The Hall–Kier alpha value is -3.03. The average molecular weight is 380 g/mol. The lowest BCUT2D eigenvalue weighted by Crippen LogP contribution is -2.39. The average Bonchev–Trinajstić information content (AvgIpc) is 3.12. The number of hydrogen-bond acceptors (Lipinski definition) is 5. The quantitative estimate of drug-likeness (QED) is 0.752. The zero-order valence-electron chi connectivity index (χ0n) is 16.4. The smallest absolute Gasteiger partial charge is 0.276 e. The van der Waals surface area contributed by atoms with Gasteiger partial charge in [-0.1, -0.05) is 6.92 Å². The number of likely N-dealkylation sites (tertiary alicyclic amines) is 1. The summed E-state index contributed by atoms with van der Waals surface area (Å²) in [6.45, 7) is 6.30. The van der Waals surface area contributed by atoms with Crippen molar-refractivity contribution in [1.29, 1.82) is 0 Å². The van der Waals surface area contributed by atoms with Gasteiger partial charge in [-0.2, -0.15) is 0 Å².